The molecule has 3 nitrogen and oxygen atoms in total. The Kier molecular flexibility index (Phi) is 4.42. The maximum absolute atomic E-state index is 9.44. The molecule has 0 amide bonds. The second-order valence-corrected chi connectivity index (χ2v) is 5.65. The van der Waals surface area contributed by atoms with Crippen LogP contribution >= 0.6 is 15.9 Å². The Morgan fingerprint density at radius 2 is 2.00 bits per heavy atom. The van der Waals surface area contributed by atoms with Crippen LogP contribution in [0.15, 0.2) is 22.7 Å². The highest BCUT2D eigenvalue weighted by Gasteiger charge is 2.18. The van der Waals surface area contributed by atoms with Gasteiger partial charge in [-0.1, -0.05) is 15.9 Å². The molecule has 1 fully saturated rings. The molecule has 1 aliphatic rings. The van der Waals surface area contributed by atoms with Gasteiger partial charge in [0.05, 0.1) is 6.10 Å². The molecule has 0 atom stereocenters. The second-order valence-electron chi connectivity index (χ2n) is 4.73. The van der Waals surface area contributed by atoms with E-state index in [-0.39, 0.29) is 6.10 Å². The molecule has 0 bridgehead atoms. The SMILES string of the molecule is Nc1ccc(Br)cc1CNC1CCC(O)CC1. The largest absolute Gasteiger partial charge is 0.398 e. The van der Waals surface area contributed by atoms with Crippen LogP contribution in [-0.4, -0.2) is 17.3 Å². The first kappa shape index (κ1) is 12.9. The fraction of sp³-hybridized carbons (Fsp3) is 0.538. The first-order valence-electron chi connectivity index (χ1n) is 6.10. The molecule has 1 saturated carbocycles. The minimum absolute atomic E-state index is 0.0935. The Balaban J connectivity index is 1.87. The Morgan fingerprint density at radius 3 is 2.71 bits per heavy atom. The zero-order valence-electron chi connectivity index (χ0n) is 9.82. The van der Waals surface area contributed by atoms with E-state index in [1.165, 1.54) is 0 Å². The lowest BCUT2D eigenvalue weighted by molar-refractivity contribution is 0.116. The van der Waals surface area contributed by atoms with Crippen molar-refractivity contribution >= 4 is 21.6 Å². The summed E-state index contributed by atoms with van der Waals surface area (Å²) in [6.45, 7) is 0.798. The third-order valence-corrected chi connectivity index (χ3v) is 3.88. The summed E-state index contributed by atoms with van der Waals surface area (Å²) >= 11 is 3.45. The van der Waals surface area contributed by atoms with Gasteiger partial charge < -0.3 is 16.2 Å². The number of benzene rings is 1. The number of rotatable bonds is 3. The van der Waals surface area contributed by atoms with E-state index in [0.29, 0.717) is 6.04 Å². The first-order chi connectivity index (χ1) is 8.15. The molecule has 1 aliphatic carbocycles. The fourth-order valence-electron chi connectivity index (χ4n) is 2.26. The van der Waals surface area contributed by atoms with Gasteiger partial charge in [-0.2, -0.15) is 0 Å². The number of aliphatic hydroxyl groups excluding tert-OH is 1. The maximum atomic E-state index is 9.44. The summed E-state index contributed by atoms with van der Waals surface area (Å²) in [5, 5.41) is 13.0. The van der Waals surface area contributed by atoms with Gasteiger partial charge in [-0.25, -0.2) is 0 Å². The second kappa shape index (κ2) is 5.85. The number of nitrogens with two attached hydrogens (primary N) is 1. The predicted molar refractivity (Wildman–Crippen MR) is 73.7 cm³/mol. The minimum atomic E-state index is -0.0935. The van der Waals surface area contributed by atoms with Gasteiger partial charge in [0.25, 0.3) is 0 Å². The van der Waals surface area contributed by atoms with Crippen molar-refractivity contribution in [2.24, 2.45) is 0 Å². The van der Waals surface area contributed by atoms with E-state index in [9.17, 15) is 5.11 Å². The van der Waals surface area contributed by atoms with Crippen LogP contribution in [0.25, 0.3) is 0 Å². The zero-order chi connectivity index (χ0) is 12.3. The van der Waals surface area contributed by atoms with Crippen molar-refractivity contribution in [3.63, 3.8) is 0 Å². The van der Waals surface area contributed by atoms with Gasteiger partial charge in [-0.15, -0.1) is 0 Å². The molecule has 0 aromatic heterocycles. The number of aliphatic hydroxyl groups is 1. The molecule has 94 valence electrons. The van der Waals surface area contributed by atoms with Crippen LogP contribution in [0.1, 0.15) is 31.2 Å². The summed E-state index contributed by atoms with van der Waals surface area (Å²) < 4.78 is 1.06. The van der Waals surface area contributed by atoms with Gasteiger partial charge in [-0.3, -0.25) is 0 Å². The quantitative estimate of drug-likeness (QED) is 0.751. The molecule has 0 radical (unpaired) electrons. The summed E-state index contributed by atoms with van der Waals surface area (Å²) in [5.41, 5.74) is 7.89. The summed E-state index contributed by atoms with van der Waals surface area (Å²) in [6.07, 6.45) is 3.82. The van der Waals surface area contributed by atoms with Crippen LogP contribution in [0.5, 0.6) is 0 Å². The van der Waals surface area contributed by atoms with Crippen LogP contribution in [0.4, 0.5) is 5.69 Å². The fourth-order valence-corrected chi connectivity index (χ4v) is 2.67. The molecule has 17 heavy (non-hydrogen) atoms. The van der Waals surface area contributed by atoms with Crippen molar-refractivity contribution in [3.8, 4) is 0 Å². The van der Waals surface area contributed by atoms with E-state index in [1.807, 2.05) is 12.1 Å². The van der Waals surface area contributed by atoms with Gasteiger partial charge in [0.15, 0.2) is 0 Å². The molecular formula is C13H19BrN2O. The third kappa shape index (κ3) is 3.69. The Hall–Kier alpha value is -0.580. The van der Waals surface area contributed by atoms with Crippen LogP contribution in [0.2, 0.25) is 0 Å². The summed E-state index contributed by atoms with van der Waals surface area (Å²) in [6, 6.07) is 6.44. The minimum Gasteiger partial charge on any atom is -0.398 e. The molecule has 4 heteroatoms. The van der Waals surface area contributed by atoms with E-state index < -0.39 is 0 Å². The maximum Gasteiger partial charge on any atom is 0.0541 e. The monoisotopic (exact) mass is 298 g/mol. The number of nitrogen functional groups attached to an aromatic ring is 1. The molecule has 0 unspecified atom stereocenters. The lowest BCUT2D eigenvalue weighted by Crippen LogP contribution is -2.34. The molecule has 0 aliphatic heterocycles. The highest BCUT2D eigenvalue weighted by molar-refractivity contribution is 9.10. The topological polar surface area (TPSA) is 58.3 Å². The standard InChI is InChI=1S/C13H19BrN2O/c14-10-1-6-13(15)9(7-10)8-16-11-2-4-12(17)5-3-11/h1,6-7,11-12,16-17H,2-5,8,15H2. The smallest absolute Gasteiger partial charge is 0.0541 e. The number of halogens is 1. The Labute approximate surface area is 111 Å². The van der Waals surface area contributed by atoms with Crippen molar-refractivity contribution in [3.05, 3.63) is 28.2 Å². The van der Waals surface area contributed by atoms with Gasteiger partial charge in [-0.05, 0) is 49.4 Å². The summed E-state index contributed by atoms with van der Waals surface area (Å²) in [5.74, 6) is 0. The van der Waals surface area contributed by atoms with Crippen LogP contribution in [-0.2, 0) is 6.54 Å². The van der Waals surface area contributed by atoms with Crippen LogP contribution in [0.3, 0.4) is 0 Å². The average Bonchev–Trinajstić information content (AvgIpc) is 2.32. The van der Waals surface area contributed by atoms with Crippen molar-refractivity contribution in [2.75, 3.05) is 5.73 Å². The Morgan fingerprint density at radius 1 is 1.29 bits per heavy atom. The van der Waals surface area contributed by atoms with Crippen molar-refractivity contribution in [1.29, 1.82) is 0 Å². The lowest BCUT2D eigenvalue weighted by atomic mass is 9.93. The number of nitrogens with one attached hydrogen (secondary N) is 1. The molecule has 4 N–H and O–H groups in total. The highest BCUT2D eigenvalue weighted by atomic mass is 79.9. The van der Waals surface area contributed by atoms with Gasteiger partial charge in [0, 0.05) is 22.7 Å². The molecule has 1 aromatic carbocycles. The van der Waals surface area contributed by atoms with E-state index in [4.69, 9.17) is 5.73 Å². The molecule has 0 heterocycles. The van der Waals surface area contributed by atoms with Crippen LogP contribution < -0.4 is 11.1 Å². The first-order valence-corrected chi connectivity index (χ1v) is 6.90. The summed E-state index contributed by atoms with van der Waals surface area (Å²) in [4.78, 5) is 0. The molecule has 0 spiro atoms. The highest BCUT2D eigenvalue weighted by Crippen LogP contribution is 2.21. The van der Waals surface area contributed by atoms with Gasteiger partial charge >= 0.3 is 0 Å². The molecular weight excluding hydrogens is 280 g/mol. The predicted octanol–water partition coefficient (Wildman–Crippen LogP) is 2.42. The third-order valence-electron chi connectivity index (χ3n) is 3.38. The molecule has 2 rings (SSSR count). The lowest BCUT2D eigenvalue weighted by Gasteiger charge is -2.26. The normalized spacial score (nSPS) is 24.8. The van der Waals surface area contributed by atoms with Gasteiger partial charge in [0.1, 0.15) is 0 Å². The van der Waals surface area contributed by atoms with Crippen molar-refractivity contribution in [1.82, 2.24) is 5.32 Å². The van der Waals surface area contributed by atoms with E-state index in [2.05, 4.69) is 27.3 Å². The summed E-state index contributed by atoms with van der Waals surface area (Å²) in [7, 11) is 0. The van der Waals surface area contributed by atoms with E-state index in [0.717, 1.165) is 48.0 Å². The number of hydrogen-bond donors (Lipinski definition) is 3. The van der Waals surface area contributed by atoms with E-state index >= 15 is 0 Å². The van der Waals surface area contributed by atoms with Crippen molar-refractivity contribution in [2.45, 2.75) is 44.4 Å². The number of hydrogen-bond acceptors (Lipinski definition) is 3. The van der Waals surface area contributed by atoms with Crippen molar-refractivity contribution < 1.29 is 5.11 Å². The van der Waals surface area contributed by atoms with E-state index in [1.54, 1.807) is 0 Å². The Bertz CT molecular complexity index is 376. The number of anilines is 1. The molecule has 1 aromatic rings. The van der Waals surface area contributed by atoms with Crippen LogP contribution in [0, 0.1) is 0 Å². The average molecular weight is 299 g/mol. The molecule has 0 saturated heterocycles. The van der Waals surface area contributed by atoms with Gasteiger partial charge in [0.2, 0.25) is 0 Å². The zero-order valence-corrected chi connectivity index (χ0v) is 11.4.